The molecule has 0 spiro atoms. The van der Waals surface area contributed by atoms with Crippen LogP contribution < -0.4 is 10.6 Å². The third kappa shape index (κ3) is 8.37. The number of aromatic hydroxyl groups is 2. The highest BCUT2D eigenvalue weighted by atomic mass is 16.3. The molecular formula is C27H38N2O4. The second-order valence-electron chi connectivity index (χ2n) is 9.99. The summed E-state index contributed by atoms with van der Waals surface area (Å²) < 4.78 is 0. The third-order valence-corrected chi connectivity index (χ3v) is 6.31. The molecule has 1 aliphatic rings. The second-order valence-corrected chi connectivity index (χ2v) is 9.99. The summed E-state index contributed by atoms with van der Waals surface area (Å²) in [4.78, 5) is 12.6. The van der Waals surface area contributed by atoms with Gasteiger partial charge in [-0.25, -0.2) is 0 Å². The minimum absolute atomic E-state index is 0.0804. The zero-order valence-electron chi connectivity index (χ0n) is 19.8. The topological polar surface area (TPSA) is 102 Å². The fraction of sp³-hybridized carbons (Fsp3) is 0.519. The van der Waals surface area contributed by atoms with Gasteiger partial charge in [0, 0.05) is 24.2 Å². The number of aliphatic hydroxyl groups excluding tert-OH is 1. The van der Waals surface area contributed by atoms with E-state index >= 15 is 0 Å². The van der Waals surface area contributed by atoms with Gasteiger partial charge in [-0.2, -0.15) is 0 Å². The smallest absolute Gasteiger partial charge is 0.224 e. The number of benzene rings is 2. The van der Waals surface area contributed by atoms with Crippen molar-refractivity contribution in [2.45, 2.75) is 82.9 Å². The van der Waals surface area contributed by atoms with E-state index in [0.717, 1.165) is 30.4 Å². The van der Waals surface area contributed by atoms with Crippen LogP contribution in [-0.2, 0) is 17.6 Å². The lowest BCUT2D eigenvalue weighted by atomic mass is 9.93. The Bertz CT molecular complexity index is 900. The van der Waals surface area contributed by atoms with Gasteiger partial charge < -0.3 is 26.0 Å². The van der Waals surface area contributed by atoms with E-state index in [4.69, 9.17) is 0 Å². The first-order valence-electron chi connectivity index (χ1n) is 12.0. The number of aliphatic hydroxyl groups is 1. The molecule has 6 nitrogen and oxygen atoms in total. The number of hydrogen-bond acceptors (Lipinski definition) is 5. The lowest BCUT2D eigenvalue weighted by molar-refractivity contribution is -0.121. The summed E-state index contributed by atoms with van der Waals surface area (Å²) in [5, 5.41) is 36.3. The van der Waals surface area contributed by atoms with Crippen molar-refractivity contribution >= 4 is 5.91 Å². The van der Waals surface area contributed by atoms with Crippen molar-refractivity contribution in [3.05, 3.63) is 59.2 Å². The summed E-state index contributed by atoms with van der Waals surface area (Å²) in [6.07, 6.45) is 7.35. The maximum Gasteiger partial charge on any atom is 0.224 e. The predicted octanol–water partition coefficient (Wildman–Crippen LogP) is 4.12. The molecule has 6 heteroatoms. The van der Waals surface area contributed by atoms with Gasteiger partial charge in [0.15, 0.2) is 0 Å². The van der Waals surface area contributed by atoms with E-state index in [2.05, 4.69) is 36.6 Å². The lowest BCUT2D eigenvalue weighted by Crippen LogP contribution is -2.43. The number of rotatable bonds is 9. The van der Waals surface area contributed by atoms with Crippen LogP contribution in [0.4, 0.5) is 0 Å². The Labute approximate surface area is 197 Å². The maximum absolute atomic E-state index is 12.6. The van der Waals surface area contributed by atoms with E-state index in [1.165, 1.54) is 43.9 Å². The van der Waals surface area contributed by atoms with Gasteiger partial charge in [0.25, 0.3) is 0 Å². The maximum atomic E-state index is 12.6. The van der Waals surface area contributed by atoms with E-state index in [-0.39, 0.29) is 29.5 Å². The molecule has 180 valence electrons. The first-order valence-corrected chi connectivity index (χ1v) is 12.0. The van der Waals surface area contributed by atoms with Crippen LogP contribution in [0.2, 0.25) is 0 Å². The van der Waals surface area contributed by atoms with Crippen molar-refractivity contribution in [3.63, 3.8) is 0 Å². The molecule has 2 aromatic carbocycles. The van der Waals surface area contributed by atoms with E-state index in [1.807, 2.05) is 12.1 Å². The first kappa shape index (κ1) is 25.1. The number of carbonyl (C=O) groups is 1. The molecule has 0 aromatic heterocycles. The number of hydrogen-bond donors (Lipinski definition) is 5. The Morgan fingerprint density at radius 3 is 2.30 bits per heavy atom. The molecule has 0 saturated heterocycles. The molecule has 0 unspecified atom stereocenters. The van der Waals surface area contributed by atoms with Crippen LogP contribution in [0.3, 0.4) is 0 Å². The quantitative estimate of drug-likeness (QED) is 0.367. The Hall–Kier alpha value is -2.57. The van der Waals surface area contributed by atoms with Gasteiger partial charge in [0.05, 0.1) is 12.5 Å². The highest BCUT2D eigenvalue weighted by Gasteiger charge is 2.21. The van der Waals surface area contributed by atoms with Crippen LogP contribution in [0.1, 0.15) is 75.2 Å². The fourth-order valence-electron chi connectivity index (χ4n) is 4.61. The van der Waals surface area contributed by atoms with Gasteiger partial charge in [0.1, 0.15) is 11.5 Å². The van der Waals surface area contributed by atoms with Gasteiger partial charge in [-0.05, 0) is 61.9 Å². The molecule has 1 atom stereocenters. The number of phenolic OH excluding ortho intramolecular Hbond substituents is 2. The Balaban J connectivity index is 1.52. The van der Waals surface area contributed by atoms with Gasteiger partial charge in [0.2, 0.25) is 5.91 Å². The molecule has 1 saturated carbocycles. The minimum Gasteiger partial charge on any atom is -0.508 e. The molecule has 1 amide bonds. The normalized spacial score (nSPS) is 16.2. The zero-order chi connectivity index (χ0) is 23.8. The second kappa shape index (κ2) is 11.5. The van der Waals surface area contributed by atoms with Crippen molar-refractivity contribution in [1.82, 2.24) is 10.6 Å². The van der Waals surface area contributed by atoms with Crippen LogP contribution in [-0.4, -0.2) is 39.4 Å². The number of β-amino-alcohol motifs (C(OH)–C–C–N with tert-alkyl or cyclic N) is 1. The average Bonchev–Trinajstić information content (AvgIpc) is 3.00. The van der Waals surface area contributed by atoms with Crippen LogP contribution in [0.5, 0.6) is 11.5 Å². The van der Waals surface area contributed by atoms with E-state index in [0.29, 0.717) is 18.0 Å². The number of phenols is 2. The summed E-state index contributed by atoms with van der Waals surface area (Å²) in [5.41, 5.74) is 2.28. The molecule has 1 fully saturated rings. The standard InChI is InChI=1S/C27H38N2O4/c1-27(2,28-18-25(32)21-14-23(30)16-24(31)15-21)17-20-9-7-8-19(12-20)13-26(33)29-22-10-5-3-4-6-11-22/h7-9,12,14-16,22,25,28,30-32H,3-6,10-11,13,17-18H2,1-2H3,(H,29,33)/t25-/m0/s1. The lowest BCUT2D eigenvalue weighted by Gasteiger charge is -2.28. The highest BCUT2D eigenvalue weighted by Crippen LogP contribution is 2.25. The summed E-state index contributed by atoms with van der Waals surface area (Å²) in [6.45, 7) is 4.40. The largest absolute Gasteiger partial charge is 0.508 e. The van der Waals surface area contributed by atoms with E-state index in [1.54, 1.807) is 0 Å². The van der Waals surface area contributed by atoms with Crippen molar-refractivity contribution in [2.75, 3.05) is 6.54 Å². The molecule has 3 rings (SSSR count). The van der Waals surface area contributed by atoms with Crippen LogP contribution in [0.25, 0.3) is 0 Å². The molecule has 5 N–H and O–H groups in total. The Morgan fingerprint density at radius 1 is 1.00 bits per heavy atom. The van der Waals surface area contributed by atoms with E-state index < -0.39 is 6.10 Å². The summed E-state index contributed by atoms with van der Waals surface area (Å²) >= 11 is 0. The Kier molecular flexibility index (Phi) is 8.75. The Morgan fingerprint density at radius 2 is 1.64 bits per heavy atom. The highest BCUT2D eigenvalue weighted by molar-refractivity contribution is 5.78. The molecule has 0 heterocycles. The monoisotopic (exact) mass is 454 g/mol. The van der Waals surface area contributed by atoms with Gasteiger partial charge in [-0.3, -0.25) is 4.79 Å². The zero-order valence-corrected chi connectivity index (χ0v) is 19.8. The molecule has 1 aliphatic carbocycles. The average molecular weight is 455 g/mol. The molecular weight excluding hydrogens is 416 g/mol. The van der Waals surface area contributed by atoms with Crippen molar-refractivity contribution in [2.24, 2.45) is 0 Å². The molecule has 0 aliphatic heterocycles. The minimum atomic E-state index is -0.860. The summed E-state index contributed by atoms with van der Waals surface area (Å²) in [5.74, 6) is -0.0691. The molecule has 33 heavy (non-hydrogen) atoms. The number of amides is 1. The SMILES string of the molecule is CC(C)(Cc1cccc(CC(=O)NC2CCCCCC2)c1)NC[C@H](O)c1cc(O)cc(O)c1. The van der Waals surface area contributed by atoms with Crippen molar-refractivity contribution in [3.8, 4) is 11.5 Å². The molecule has 0 radical (unpaired) electrons. The van der Waals surface area contributed by atoms with Crippen LogP contribution >= 0.6 is 0 Å². The van der Waals surface area contributed by atoms with Crippen LogP contribution in [0, 0.1) is 0 Å². The predicted molar refractivity (Wildman–Crippen MR) is 130 cm³/mol. The summed E-state index contributed by atoms with van der Waals surface area (Å²) in [6, 6.07) is 12.6. The van der Waals surface area contributed by atoms with Gasteiger partial charge in [-0.15, -0.1) is 0 Å². The van der Waals surface area contributed by atoms with Gasteiger partial charge >= 0.3 is 0 Å². The summed E-state index contributed by atoms with van der Waals surface area (Å²) in [7, 11) is 0. The fourth-order valence-corrected chi connectivity index (χ4v) is 4.61. The van der Waals surface area contributed by atoms with Crippen molar-refractivity contribution < 1.29 is 20.1 Å². The van der Waals surface area contributed by atoms with Gasteiger partial charge in [-0.1, -0.05) is 49.9 Å². The first-order chi connectivity index (χ1) is 15.7. The number of carbonyl (C=O) groups excluding carboxylic acids is 1. The van der Waals surface area contributed by atoms with Crippen molar-refractivity contribution in [1.29, 1.82) is 0 Å². The number of nitrogens with one attached hydrogen (secondary N) is 2. The van der Waals surface area contributed by atoms with E-state index in [9.17, 15) is 20.1 Å². The van der Waals surface area contributed by atoms with Crippen LogP contribution in [0.15, 0.2) is 42.5 Å². The molecule has 2 aromatic rings. The third-order valence-electron chi connectivity index (χ3n) is 6.31. The molecule has 0 bridgehead atoms.